The van der Waals surface area contributed by atoms with Gasteiger partial charge in [-0.2, -0.15) is 0 Å². The maximum Gasteiger partial charge on any atom is 0.143 e. The number of alkyl halides is 1. The average molecular weight is 208 g/mol. The molecule has 2 atom stereocenters. The molecule has 0 aliphatic rings. The number of thiol groups is 1. The largest absolute Gasteiger partial charge is 0.236 e. The van der Waals surface area contributed by atoms with Gasteiger partial charge in [0.2, 0.25) is 0 Å². The molecule has 0 aliphatic carbocycles. The van der Waals surface area contributed by atoms with Gasteiger partial charge in [0.1, 0.15) is 5.50 Å². The summed E-state index contributed by atoms with van der Waals surface area (Å²) in [6.45, 7) is 8.35. The molecule has 13 heavy (non-hydrogen) atoms. The molecule has 0 aromatic carbocycles. The third-order valence-electron chi connectivity index (χ3n) is 2.09. The van der Waals surface area contributed by atoms with Gasteiger partial charge in [0.25, 0.3) is 0 Å². The molecule has 0 nitrogen and oxygen atoms in total. The highest BCUT2D eigenvalue weighted by Crippen LogP contribution is 2.19. The molecule has 0 N–H and O–H groups in total. The quantitative estimate of drug-likeness (QED) is 0.593. The lowest BCUT2D eigenvalue weighted by atomic mass is 9.96. The average Bonchev–Trinajstić information content (AvgIpc) is 2.15. The molecule has 2 unspecified atom stereocenters. The minimum Gasteiger partial charge on any atom is -0.236 e. The molecule has 0 bridgehead atoms. The van der Waals surface area contributed by atoms with Gasteiger partial charge in [-0.1, -0.05) is 47.0 Å². The van der Waals surface area contributed by atoms with E-state index in [-0.39, 0.29) is 0 Å². The summed E-state index contributed by atoms with van der Waals surface area (Å²) in [6.07, 6.45) is 5.23. The molecule has 0 amide bonds. The van der Waals surface area contributed by atoms with Crippen LogP contribution in [0.3, 0.4) is 0 Å². The summed E-state index contributed by atoms with van der Waals surface area (Å²) in [4.78, 5) is 0. The molecule has 0 saturated carbocycles. The van der Waals surface area contributed by atoms with E-state index in [9.17, 15) is 4.39 Å². The molecule has 2 heteroatoms. The minimum absolute atomic E-state index is 0.613. The van der Waals surface area contributed by atoms with Crippen LogP contribution in [-0.2, 0) is 0 Å². The van der Waals surface area contributed by atoms with E-state index >= 15 is 0 Å². The molecule has 0 radical (unpaired) electrons. The fraction of sp³-hybridized carbons (Fsp3) is 1.00. The van der Waals surface area contributed by atoms with Gasteiger partial charge < -0.3 is 0 Å². The van der Waals surface area contributed by atoms with E-state index in [2.05, 4.69) is 26.5 Å². The van der Waals surface area contributed by atoms with E-state index in [0.717, 1.165) is 6.42 Å². The van der Waals surface area contributed by atoms with E-state index in [0.29, 0.717) is 12.3 Å². The van der Waals surface area contributed by atoms with Crippen LogP contribution in [0.2, 0.25) is 0 Å². The second kappa shape index (κ2) is 12.3. The lowest BCUT2D eigenvalue weighted by molar-refractivity contribution is 0.356. The van der Waals surface area contributed by atoms with Gasteiger partial charge >= 0.3 is 0 Å². The van der Waals surface area contributed by atoms with Crippen molar-refractivity contribution in [3.63, 3.8) is 0 Å². The summed E-state index contributed by atoms with van der Waals surface area (Å²) >= 11 is 3.71. The lowest BCUT2D eigenvalue weighted by Crippen LogP contribution is -2.01. The molecule has 0 spiro atoms. The van der Waals surface area contributed by atoms with Crippen molar-refractivity contribution in [2.24, 2.45) is 5.92 Å². The van der Waals surface area contributed by atoms with Crippen LogP contribution < -0.4 is 0 Å². The number of rotatable bonds is 6. The first-order valence-electron chi connectivity index (χ1n) is 5.52. The van der Waals surface area contributed by atoms with Crippen LogP contribution >= 0.6 is 12.6 Å². The number of halogens is 1. The van der Waals surface area contributed by atoms with Gasteiger partial charge in [0.15, 0.2) is 0 Å². The van der Waals surface area contributed by atoms with Crippen LogP contribution in [0, 0.1) is 5.92 Å². The maximum absolute atomic E-state index is 12.3. The van der Waals surface area contributed by atoms with Gasteiger partial charge in [-0.05, 0) is 18.8 Å². The van der Waals surface area contributed by atoms with Crippen molar-refractivity contribution in [1.82, 2.24) is 0 Å². The number of hydrogen-bond donors (Lipinski definition) is 1. The smallest absolute Gasteiger partial charge is 0.143 e. The summed E-state index contributed by atoms with van der Waals surface area (Å²) < 4.78 is 12.3. The second-order valence-corrected chi connectivity index (χ2v) is 3.64. The molecular weight excluding hydrogens is 183 g/mol. The summed E-state index contributed by atoms with van der Waals surface area (Å²) in [5.41, 5.74) is -0.916. The maximum atomic E-state index is 12.3. The molecule has 82 valence electrons. The zero-order valence-electron chi connectivity index (χ0n) is 9.52. The second-order valence-electron chi connectivity index (χ2n) is 3.07. The van der Waals surface area contributed by atoms with Crippen molar-refractivity contribution < 1.29 is 4.39 Å². The van der Waals surface area contributed by atoms with Crippen LogP contribution in [0.15, 0.2) is 0 Å². The molecule has 0 aromatic heterocycles. The normalized spacial score (nSPS) is 14.3. The first-order chi connectivity index (χ1) is 6.20. The number of hydrogen-bond acceptors (Lipinski definition) is 1. The molecule has 0 heterocycles. The highest BCUT2D eigenvalue weighted by Gasteiger charge is 2.07. The van der Waals surface area contributed by atoms with Crippen molar-refractivity contribution >= 4 is 12.6 Å². The predicted molar refractivity (Wildman–Crippen MR) is 63.2 cm³/mol. The Morgan fingerprint density at radius 1 is 1.08 bits per heavy atom. The van der Waals surface area contributed by atoms with E-state index in [1.54, 1.807) is 0 Å². The van der Waals surface area contributed by atoms with Crippen LogP contribution in [0.25, 0.3) is 0 Å². The Hall–Kier alpha value is 0.280. The SMILES string of the molecule is CC.CCCC(CC)CCC(F)S. The van der Waals surface area contributed by atoms with Crippen molar-refractivity contribution in [3.8, 4) is 0 Å². The standard InChI is InChI=1S/C9H19FS.C2H6/c1-3-5-8(4-2)6-7-9(10)11;1-2/h8-9,11H,3-7H2,1-2H3;1-2H3. The molecule has 0 fully saturated rings. The Morgan fingerprint density at radius 3 is 1.92 bits per heavy atom. The van der Waals surface area contributed by atoms with Gasteiger partial charge in [-0.15, -0.1) is 12.6 Å². The Bertz CT molecular complexity index is 84.2. The van der Waals surface area contributed by atoms with Crippen LogP contribution in [0.1, 0.15) is 59.8 Å². The zero-order chi connectivity index (χ0) is 10.7. The first kappa shape index (κ1) is 15.7. The van der Waals surface area contributed by atoms with Crippen molar-refractivity contribution in [2.45, 2.75) is 65.3 Å². The topological polar surface area (TPSA) is 0 Å². The molecule has 0 aromatic rings. The van der Waals surface area contributed by atoms with Crippen molar-refractivity contribution in [2.75, 3.05) is 0 Å². The molecule has 0 rings (SSSR count). The molecule has 0 aliphatic heterocycles. The zero-order valence-corrected chi connectivity index (χ0v) is 10.4. The Morgan fingerprint density at radius 2 is 1.62 bits per heavy atom. The molecular formula is C11H25FS. The van der Waals surface area contributed by atoms with E-state index < -0.39 is 5.50 Å². The monoisotopic (exact) mass is 208 g/mol. The Balaban J connectivity index is 0. The van der Waals surface area contributed by atoms with Gasteiger partial charge in [0, 0.05) is 0 Å². The third-order valence-corrected chi connectivity index (χ3v) is 2.35. The Kier molecular flexibility index (Phi) is 14.9. The fourth-order valence-corrected chi connectivity index (χ4v) is 1.48. The summed E-state index contributed by atoms with van der Waals surface area (Å²) in [7, 11) is 0. The summed E-state index contributed by atoms with van der Waals surface area (Å²) in [5.74, 6) is 0.713. The fourth-order valence-electron chi connectivity index (χ4n) is 1.33. The van der Waals surface area contributed by atoms with Crippen molar-refractivity contribution in [1.29, 1.82) is 0 Å². The summed E-state index contributed by atoms with van der Waals surface area (Å²) in [5, 5.41) is 0. The van der Waals surface area contributed by atoms with Crippen LogP contribution in [0.5, 0.6) is 0 Å². The van der Waals surface area contributed by atoms with Gasteiger partial charge in [-0.25, -0.2) is 4.39 Å². The highest BCUT2D eigenvalue weighted by atomic mass is 32.1. The first-order valence-corrected chi connectivity index (χ1v) is 6.04. The van der Waals surface area contributed by atoms with E-state index in [1.807, 2.05) is 13.8 Å². The Labute approximate surface area is 88.7 Å². The van der Waals surface area contributed by atoms with Crippen molar-refractivity contribution in [3.05, 3.63) is 0 Å². The van der Waals surface area contributed by atoms with Gasteiger partial charge in [0.05, 0.1) is 0 Å². The van der Waals surface area contributed by atoms with Crippen LogP contribution in [0.4, 0.5) is 4.39 Å². The summed E-state index contributed by atoms with van der Waals surface area (Å²) in [6, 6.07) is 0. The lowest BCUT2D eigenvalue weighted by Gasteiger charge is -2.12. The van der Waals surface area contributed by atoms with Gasteiger partial charge in [-0.3, -0.25) is 0 Å². The minimum atomic E-state index is -0.916. The predicted octanol–water partition coefficient (Wildman–Crippen LogP) is 4.84. The van der Waals surface area contributed by atoms with E-state index in [1.165, 1.54) is 19.3 Å². The molecule has 0 saturated heterocycles. The third kappa shape index (κ3) is 12.3. The van der Waals surface area contributed by atoms with Crippen LogP contribution in [-0.4, -0.2) is 5.50 Å². The van der Waals surface area contributed by atoms with E-state index in [4.69, 9.17) is 0 Å². The highest BCUT2D eigenvalue weighted by molar-refractivity contribution is 7.80.